The summed E-state index contributed by atoms with van der Waals surface area (Å²) in [5, 5.41) is 0.871. The SMILES string of the molecule is Cc1cc(-c2c(C)cc(C)c3c2oc2nc(F)cc(F)c23)[n+](C)cc1C. The Morgan fingerprint density at radius 2 is 1.62 bits per heavy atom. The molecule has 0 fully saturated rings. The number of halogens is 2. The van der Waals surface area contributed by atoms with E-state index in [2.05, 4.69) is 31.1 Å². The summed E-state index contributed by atoms with van der Waals surface area (Å²) in [7, 11) is 1.97. The molecule has 0 saturated carbocycles. The molecule has 0 aliphatic rings. The van der Waals surface area contributed by atoms with Gasteiger partial charge < -0.3 is 4.42 Å². The second-order valence-electron chi connectivity index (χ2n) is 6.93. The van der Waals surface area contributed by atoms with Crippen molar-refractivity contribution in [3.63, 3.8) is 0 Å². The van der Waals surface area contributed by atoms with E-state index in [0.717, 1.165) is 34.0 Å². The number of hydrogen-bond acceptors (Lipinski definition) is 2. The number of hydrogen-bond donors (Lipinski definition) is 0. The smallest absolute Gasteiger partial charge is 0.232 e. The van der Waals surface area contributed by atoms with Crippen molar-refractivity contribution in [2.24, 2.45) is 7.05 Å². The van der Waals surface area contributed by atoms with Crippen LogP contribution in [0.2, 0.25) is 0 Å². The van der Waals surface area contributed by atoms with Gasteiger partial charge in [0.1, 0.15) is 12.9 Å². The van der Waals surface area contributed by atoms with Gasteiger partial charge in [-0.05, 0) is 44.4 Å². The minimum Gasteiger partial charge on any atom is -0.437 e. The topological polar surface area (TPSA) is 29.9 Å². The van der Waals surface area contributed by atoms with Crippen molar-refractivity contribution in [1.29, 1.82) is 0 Å². The minimum atomic E-state index is -0.887. The summed E-state index contributed by atoms with van der Waals surface area (Å²) in [6.45, 7) is 8.00. The second-order valence-corrected chi connectivity index (χ2v) is 6.93. The Balaban J connectivity index is 2.21. The molecule has 4 aromatic rings. The van der Waals surface area contributed by atoms with E-state index in [1.165, 1.54) is 5.56 Å². The first-order chi connectivity index (χ1) is 12.3. The number of aromatic nitrogens is 2. The Morgan fingerprint density at radius 3 is 2.35 bits per heavy atom. The monoisotopic (exact) mass is 353 g/mol. The summed E-state index contributed by atoms with van der Waals surface area (Å²) < 4.78 is 36.0. The normalized spacial score (nSPS) is 11.7. The first kappa shape index (κ1) is 16.6. The molecule has 0 amide bonds. The van der Waals surface area contributed by atoms with E-state index >= 15 is 0 Å². The molecular formula is C21H19F2N2O+. The van der Waals surface area contributed by atoms with Gasteiger partial charge in [-0.3, -0.25) is 0 Å². The lowest BCUT2D eigenvalue weighted by Gasteiger charge is -2.09. The van der Waals surface area contributed by atoms with Gasteiger partial charge in [0.25, 0.3) is 0 Å². The minimum absolute atomic E-state index is 0.0149. The van der Waals surface area contributed by atoms with Crippen molar-refractivity contribution in [2.75, 3.05) is 0 Å². The van der Waals surface area contributed by atoms with E-state index in [0.29, 0.717) is 11.0 Å². The van der Waals surface area contributed by atoms with Gasteiger partial charge in [-0.2, -0.15) is 9.37 Å². The number of fused-ring (bicyclic) bond motifs is 3. The van der Waals surface area contributed by atoms with Gasteiger partial charge >= 0.3 is 0 Å². The summed E-state index contributed by atoms with van der Waals surface area (Å²) in [5.74, 6) is -1.55. The molecule has 0 radical (unpaired) electrons. The van der Waals surface area contributed by atoms with Crippen molar-refractivity contribution < 1.29 is 17.8 Å². The fourth-order valence-corrected chi connectivity index (χ4v) is 3.68. The Labute approximate surface area is 149 Å². The van der Waals surface area contributed by atoms with Crippen molar-refractivity contribution in [3.8, 4) is 11.3 Å². The van der Waals surface area contributed by atoms with Crippen LogP contribution in [0.4, 0.5) is 8.78 Å². The van der Waals surface area contributed by atoms with Crippen LogP contribution < -0.4 is 4.57 Å². The van der Waals surface area contributed by atoms with Gasteiger partial charge in [0.05, 0.1) is 10.9 Å². The highest BCUT2D eigenvalue weighted by Crippen LogP contribution is 2.39. The highest BCUT2D eigenvalue weighted by molar-refractivity contribution is 6.10. The summed E-state index contributed by atoms with van der Waals surface area (Å²) in [6.07, 6.45) is 2.05. The van der Waals surface area contributed by atoms with Gasteiger partial charge in [-0.15, -0.1) is 0 Å². The molecule has 0 unspecified atom stereocenters. The maximum absolute atomic E-state index is 14.5. The standard InChI is InChI=1S/C21H19F2N2O/c1-10-7-15(25(5)9-13(10)4)17-11(2)6-12(3)18-19-14(22)8-16(23)24-21(19)26-20(17)18/h6-9H,1-5H3/q+1. The fourth-order valence-electron chi connectivity index (χ4n) is 3.68. The molecule has 0 atom stereocenters. The highest BCUT2D eigenvalue weighted by Gasteiger charge is 2.25. The molecule has 0 saturated heterocycles. The summed E-state index contributed by atoms with van der Waals surface area (Å²) in [4.78, 5) is 3.75. The molecule has 0 aliphatic heterocycles. The molecule has 26 heavy (non-hydrogen) atoms. The Morgan fingerprint density at radius 1 is 0.885 bits per heavy atom. The van der Waals surface area contributed by atoms with Crippen LogP contribution in [0.5, 0.6) is 0 Å². The molecule has 3 nitrogen and oxygen atoms in total. The zero-order valence-electron chi connectivity index (χ0n) is 15.4. The molecular weight excluding hydrogens is 334 g/mol. The van der Waals surface area contributed by atoms with Crippen molar-refractivity contribution in [3.05, 3.63) is 58.4 Å². The number of rotatable bonds is 1. The van der Waals surface area contributed by atoms with Gasteiger partial charge in [0.2, 0.25) is 17.4 Å². The molecule has 0 spiro atoms. The van der Waals surface area contributed by atoms with Gasteiger partial charge in [0.15, 0.2) is 11.8 Å². The number of aryl methyl sites for hydroxylation is 5. The van der Waals surface area contributed by atoms with Crippen LogP contribution in [0, 0.1) is 39.5 Å². The van der Waals surface area contributed by atoms with E-state index in [-0.39, 0.29) is 11.1 Å². The third kappa shape index (κ3) is 2.30. The number of furan rings is 1. The Hall–Kier alpha value is -2.82. The molecule has 5 heteroatoms. The van der Waals surface area contributed by atoms with Crippen LogP contribution in [0.1, 0.15) is 22.3 Å². The number of benzene rings is 1. The van der Waals surface area contributed by atoms with E-state index < -0.39 is 11.8 Å². The summed E-state index contributed by atoms with van der Waals surface area (Å²) in [5.41, 5.74) is 6.55. The van der Waals surface area contributed by atoms with Crippen LogP contribution in [-0.2, 0) is 7.05 Å². The average molecular weight is 353 g/mol. The summed E-state index contributed by atoms with van der Waals surface area (Å²) >= 11 is 0. The predicted octanol–water partition coefficient (Wildman–Crippen LogP) is 4.98. The Kier molecular flexibility index (Phi) is 3.58. The fraction of sp³-hybridized carbons (Fsp3) is 0.238. The van der Waals surface area contributed by atoms with Crippen LogP contribution in [0.15, 0.2) is 28.8 Å². The molecule has 0 aliphatic carbocycles. The third-order valence-corrected chi connectivity index (χ3v) is 5.03. The average Bonchev–Trinajstić information content (AvgIpc) is 2.91. The van der Waals surface area contributed by atoms with Gasteiger partial charge in [-0.1, -0.05) is 6.07 Å². The van der Waals surface area contributed by atoms with Crippen molar-refractivity contribution >= 4 is 22.1 Å². The quantitative estimate of drug-likeness (QED) is 0.357. The maximum atomic E-state index is 14.5. The van der Waals surface area contributed by atoms with Crippen molar-refractivity contribution in [1.82, 2.24) is 4.98 Å². The highest BCUT2D eigenvalue weighted by atomic mass is 19.1. The predicted molar refractivity (Wildman–Crippen MR) is 97.0 cm³/mol. The molecule has 4 rings (SSSR count). The largest absolute Gasteiger partial charge is 0.437 e. The first-order valence-corrected chi connectivity index (χ1v) is 8.43. The lowest BCUT2D eigenvalue weighted by Crippen LogP contribution is -2.31. The van der Waals surface area contributed by atoms with E-state index in [4.69, 9.17) is 4.42 Å². The van der Waals surface area contributed by atoms with Crippen LogP contribution >= 0.6 is 0 Å². The van der Waals surface area contributed by atoms with E-state index in [1.54, 1.807) is 0 Å². The molecule has 0 bridgehead atoms. The lowest BCUT2D eigenvalue weighted by atomic mass is 9.96. The molecule has 3 aromatic heterocycles. The van der Waals surface area contributed by atoms with Crippen LogP contribution in [0.25, 0.3) is 33.3 Å². The zero-order valence-corrected chi connectivity index (χ0v) is 15.4. The number of pyridine rings is 2. The zero-order chi connectivity index (χ0) is 18.7. The first-order valence-electron chi connectivity index (χ1n) is 8.43. The third-order valence-electron chi connectivity index (χ3n) is 5.03. The van der Waals surface area contributed by atoms with E-state index in [9.17, 15) is 8.78 Å². The maximum Gasteiger partial charge on any atom is 0.232 e. The summed E-state index contributed by atoms with van der Waals surface area (Å²) in [6, 6.07) is 4.89. The second kappa shape index (κ2) is 5.59. The van der Waals surface area contributed by atoms with Gasteiger partial charge in [0, 0.05) is 23.1 Å². The molecule has 1 aromatic carbocycles. The molecule has 132 valence electrons. The van der Waals surface area contributed by atoms with E-state index in [1.807, 2.05) is 31.5 Å². The molecule has 0 N–H and O–H groups in total. The lowest BCUT2D eigenvalue weighted by molar-refractivity contribution is -0.660. The number of nitrogens with zero attached hydrogens (tertiary/aromatic N) is 2. The molecule has 3 heterocycles. The van der Waals surface area contributed by atoms with Gasteiger partial charge in [-0.25, -0.2) is 8.96 Å². The van der Waals surface area contributed by atoms with Crippen molar-refractivity contribution in [2.45, 2.75) is 27.7 Å². The van der Waals surface area contributed by atoms with Crippen LogP contribution in [-0.4, -0.2) is 4.98 Å². The Bertz CT molecular complexity index is 1210. The van der Waals surface area contributed by atoms with Crippen LogP contribution in [0.3, 0.4) is 0 Å².